The summed E-state index contributed by atoms with van der Waals surface area (Å²) in [5, 5.41) is 2.74. The molecule has 1 aromatic carbocycles. The highest BCUT2D eigenvalue weighted by Gasteiger charge is 2.23. The lowest BCUT2D eigenvalue weighted by atomic mass is 10.2. The lowest BCUT2D eigenvalue weighted by Gasteiger charge is -2.07. The van der Waals surface area contributed by atoms with Crippen LogP contribution in [-0.2, 0) is 20.7 Å². The Hall–Kier alpha value is -2.04. The summed E-state index contributed by atoms with van der Waals surface area (Å²) in [5.74, 6) is -0.190. The largest absolute Gasteiger partial charge is 0.482 e. The third kappa shape index (κ3) is 4.91. The van der Waals surface area contributed by atoms with E-state index >= 15 is 0 Å². The fourth-order valence-electron chi connectivity index (χ4n) is 1.65. The Kier molecular flexibility index (Phi) is 4.98. The van der Waals surface area contributed by atoms with Crippen molar-refractivity contribution in [2.45, 2.75) is 32.2 Å². The Labute approximate surface area is 118 Å². The molecular formula is C15H19NO4. The molecule has 0 radical (unpaired) electrons. The number of aryl methyl sites for hydroxylation is 1. The van der Waals surface area contributed by atoms with Gasteiger partial charge < -0.3 is 14.8 Å². The van der Waals surface area contributed by atoms with E-state index in [1.165, 1.54) is 5.56 Å². The number of nitrogens with one attached hydrogen (secondary N) is 1. The third-order valence-electron chi connectivity index (χ3n) is 2.99. The smallest absolute Gasteiger partial charge is 0.344 e. The molecule has 1 aliphatic carbocycles. The number of ether oxygens (including phenoxy) is 2. The number of amides is 1. The van der Waals surface area contributed by atoms with Crippen LogP contribution in [0.25, 0.3) is 0 Å². The lowest BCUT2D eigenvalue weighted by Crippen LogP contribution is -2.31. The van der Waals surface area contributed by atoms with Crippen LogP contribution in [0.4, 0.5) is 0 Å². The number of hydrogen-bond donors (Lipinski definition) is 1. The molecule has 0 heterocycles. The van der Waals surface area contributed by atoms with Gasteiger partial charge in [0.1, 0.15) is 5.75 Å². The van der Waals surface area contributed by atoms with E-state index in [2.05, 4.69) is 12.2 Å². The summed E-state index contributed by atoms with van der Waals surface area (Å²) in [7, 11) is 0. The van der Waals surface area contributed by atoms with Gasteiger partial charge in [0.05, 0.1) is 0 Å². The molecule has 0 bridgehead atoms. The van der Waals surface area contributed by atoms with Gasteiger partial charge in [0.25, 0.3) is 5.91 Å². The monoisotopic (exact) mass is 277 g/mol. The first kappa shape index (κ1) is 14.4. The van der Waals surface area contributed by atoms with Gasteiger partial charge in [-0.3, -0.25) is 4.79 Å². The van der Waals surface area contributed by atoms with Crippen LogP contribution >= 0.6 is 0 Å². The molecule has 0 saturated heterocycles. The van der Waals surface area contributed by atoms with Crippen molar-refractivity contribution in [1.29, 1.82) is 0 Å². The molecule has 1 saturated carbocycles. The van der Waals surface area contributed by atoms with Gasteiger partial charge in [-0.1, -0.05) is 19.1 Å². The number of benzene rings is 1. The highest BCUT2D eigenvalue weighted by molar-refractivity contribution is 5.81. The van der Waals surface area contributed by atoms with Gasteiger partial charge >= 0.3 is 5.97 Å². The van der Waals surface area contributed by atoms with Gasteiger partial charge in [-0.25, -0.2) is 4.79 Å². The lowest BCUT2D eigenvalue weighted by molar-refractivity contribution is -0.150. The van der Waals surface area contributed by atoms with E-state index in [4.69, 9.17) is 9.47 Å². The fraction of sp³-hybridized carbons (Fsp3) is 0.467. The molecule has 108 valence electrons. The molecule has 1 fully saturated rings. The van der Waals surface area contributed by atoms with E-state index in [0.29, 0.717) is 5.75 Å². The first-order valence-electron chi connectivity index (χ1n) is 6.84. The number of carbonyl (C=O) groups excluding carboxylic acids is 2. The van der Waals surface area contributed by atoms with Gasteiger partial charge in [0.2, 0.25) is 0 Å². The highest BCUT2D eigenvalue weighted by atomic mass is 16.6. The molecular weight excluding hydrogens is 258 g/mol. The number of hydrogen-bond acceptors (Lipinski definition) is 4. The summed E-state index contributed by atoms with van der Waals surface area (Å²) in [5.41, 5.74) is 1.21. The molecule has 1 aliphatic rings. The zero-order valence-electron chi connectivity index (χ0n) is 11.6. The van der Waals surface area contributed by atoms with Gasteiger partial charge in [-0.05, 0) is 37.0 Å². The Balaban J connectivity index is 1.64. The second-order valence-electron chi connectivity index (χ2n) is 4.79. The summed E-state index contributed by atoms with van der Waals surface area (Å²) in [6.07, 6.45) is 2.98. The average Bonchev–Trinajstić information content (AvgIpc) is 3.27. The molecule has 0 aliphatic heterocycles. The summed E-state index contributed by atoms with van der Waals surface area (Å²) in [6, 6.07) is 7.79. The van der Waals surface area contributed by atoms with Crippen LogP contribution < -0.4 is 10.1 Å². The van der Waals surface area contributed by atoms with Crippen molar-refractivity contribution < 1.29 is 19.1 Å². The predicted octanol–water partition coefficient (Wildman–Crippen LogP) is 1.45. The van der Waals surface area contributed by atoms with E-state index in [1.807, 2.05) is 24.3 Å². The van der Waals surface area contributed by atoms with E-state index in [9.17, 15) is 9.59 Å². The molecule has 20 heavy (non-hydrogen) atoms. The van der Waals surface area contributed by atoms with Gasteiger partial charge in [-0.15, -0.1) is 0 Å². The zero-order chi connectivity index (χ0) is 14.4. The average molecular weight is 277 g/mol. The van der Waals surface area contributed by atoms with Crippen LogP contribution in [0.3, 0.4) is 0 Å². The zero-order valence-corrected chi connectivity index (χ0v) is 11.6. The van der Waals surface area contributed by atoms with E-state index in [-0.39, 0.29) is 25.2 Å². The minimum absolute atomic E-state index is 0.192. The molecule has 1 aromatic rings. The summed E-state index contributed by atoms with van der Waals surface area (Å²) in [6.45, 7) is 1.63. The summed E-state index contributed by atoms with van der Waals surface area (Å²) in [4.78, 5) is 22.7. The Morgan fingerprint density at radius 2 is 1.90 bits per heavy atom. The maximum absolute atomic E-state index is 11.4. The minimum Gasteiger partial charge on any atom is -0.482 e. The van der Waals surface area contributed by atoms with Gasteiger partial charge in [0, 0.05) is 6.04 Å². The molecule has 2 rings (SSSR count). The molecule has 0 atom stereocenters. The number of rotatable bonds is 7. The van der Waals surface area contributed by atoms with Gasteiger partial charge in [0.15, 0.2) is 13.2 Å². The van der Waals surface area contributed by atoms with E-state index in [0.717, 1.165) is 19.3 Å². The Bertz CT molecular complexity index is 465. The van der Waals surface area contributed by atoms with Crippen molar-refractivity contribution in [2.75, 3.05) is 13.2 Å². The van der Waals surface area contributed by atoms with Crippen LogP contribution in [0.1, 0.15) is 25.3 Å². The van der Waals surface area contributed by atoms with Crippen LogP contribution in [0, 0.1) is 0 Å². The summed E-state index contributed by atoms with van der Waals surface area (Å²) >= 11 is 0. The van der Waals surface area contributed by atoms with Crippen LogP contribution in [-0.4, -0.2) is 31.1 Å². The molecule has 0 aromatic heterocycles. The first-order valence-corrected chi connectivity index (χ1v) is 6.84. The van der Waals surface area contributed by atoms with E-state index in [1.54, 1.807) is 0 Å². The number of carbonyl (C=O) groups is 2. The van der Waals surface area contributed by atoms with Crippen LogP contribution in [0.5, 0.6) is 5.75 Å². The maximum atomic E-state index is 11.4. The van der Waals surface area contributed by atoms with Crippen molar-refractivity contribution in [1.82, 2.24) is 5.32 Å². The third-order valence-corrected chi connectivity index (χ3v) is 2.99. The SMILES string of the molecule is CCc1ccc(OCC(=O)OCC(=O)NC2CC2)cc1. The van der Waals surface area contributed by atoms with Gasteiger partial charge in [-0.2, -0.15) is 0 Å². The van der Waals surface area contributed by atoms with Crippen molar-refractivity contribution in [3.63, 3.8) is 0 Å². The standard InChI is InChI=1S/C15H19NO4/c1-2-11-3-7-13(8-4-11)19-10-15(18)20-9-14(17)16-12-5-6-12/h3-4,7-8,12H,2,5-6,9-10H2,1H3,(H,16,17). The van der Waals surface area contributed by atoms with Crippen molar-refractivity contribution in [2.24, 2.45) is 0 Å². The quantitative estimate of drug-likeness (QED) is 0.766. The van der Waals surface area contributed by atoms with Crippen LogP contribution in [0.2, 0.25) is 0 Å². The molecule has 0 unspecified atom stereocenters. The predicted molar refractivity (Wildman–Crippen MR) is 73.4 cm³/mol. The summed E-state index contributed by atoms with van der Waals surface area (Å²) < 4.78 is 10.1. The minimum atomic E-state index is -0.546. The Morgan fingerprint density at radius 3 is 2.50 bits per heavy atom. The van der Waals surface area contributed by atoms with Crippen molar-refractivity contribution >= 4 is 11.9 Å². The van der Waals surface area contributed by atoms with Crippen molar-refractivity contribution in [3.05, 3.63) is 29.8 Å². The fourth-order valence-corrected chi connectivity index (χ4v) is 1.65. The molecule has 1 amide bonds. The van der Waals surface area contributed by atoms with E-state index < -0.39 is 5.97 Å². The topological polar surface area (TPSA) is 64.6 Å². The normalized spacial score (nSPS) is 13.7. The number of esters is 1. The van der Waals surface area contributed by atoms with Crippen molar-refractivity contribution in [3.8, 4) is 5.75 Å². The molecule has 0 spiro atoms. The Morgan fingerprint density at radius 1 is 1.20 bits per heavy atom. The molecule has 5 nitrogen and oxygen atoms in total. The molecule has 1 N–H and O–H groups in total. The highest BCUT2D eigenvalue weighted by Crippen LogP contribution is 2.18. The van der Waals surface area contributed by atoms with Crippen LogP contribution in [0.15, 0.2) is 24.3 Å². The second kappa shape index (κ2) is 6.93. The maximum Gasteiger partial charge on any atom is 0.344 e. The molecule has 5 heteroatoms. The second-order valence-corrected chi connectivity index (χ2v) is 4.79. The first-order chi connectivity index (χ1) is 9.67.